The lowest BCUT2D eigenvalue weighted by atomic mass is 10.1. The van der Waals surface area contributed by atoms with Crippen LogP contribution in [0.1, 0.15) is 37.0 Å². The van der Waals surface area contributed by atoms with Crippen molar-refractivity contribution in [2.75, 3.05) is 0 Å². The maximum absolute atomic E-state index is 11.8. The Balaban J connectivity index is 2.33. The number of carbonyl (C=O) groups is 1. The van der Waals surface area contributed by atoms with E-state index in [1.54, 1.807) is 11.3 Å². The smallest absolute Gasteiger partial charge is 0.225 e. The summed E-state index contributed by atoms with van der Waals surface area (Å²) < 4.78 is 0. The summed E-state index contributed by atoms with van der Waals surface area (Å²) in [5.74, 6) is 0.137. The van der Waals surface area contributed by atoms with E-state index in [1.807, 2.05) is 31.1 Å². The largest absolute Gasteiger partial charge is 0.330 e. The molecule has 16 heavy (non-hydrogen) atoms. The predicted octanol–water partition coefficient (Wildman–Crippen LogP) is 1.46. The summed E-state index contributed by atoms with van der Waals surface area (Å²) in [5, 5.41) is 3.03. The summed E-state index contributed by atoms with van der Waals surface area (Å²) in [5.41, 5.74) is 6.98. The van der Waals surface area contributed by atoms with Gasteiger partial charge in [0, 0.05) is 23.9 Å². The number of thiazole rings is 1. The van der Waals surface area contributed by atoms with Gasteiger partial charge in [0.15, 0.2) is 0 Å². The van der Waals surface area contributed by atoms with Crippen molar-refractivity contribution >= 4 is 17.2 Å². The van der Waals surface area contributed by atoms with E-state index in [0.29, 0.717) is 6.42 Å². The third-order valence-electron chi connectivity index (χ3n) is 2.90. The minimum absolute atomic E-state index is 0.0440. The molecule has 2 atom stereocenters. The lowest BCUT2D eigenvalue weighted by Crippen LogP contribution is -2.37. The van der Waals surface area contributed by atoms with E-state index in [2.05, 4.69) is 4.98 Å². The number of amides is 1. The van der Waals surface area contributed by atoms with Crippen molar-refractivity contribution in [1.82, 2.24) is 9.88 Å². The van der Waals surface area contributed by atoms with Gasteiger partial charge in [-0.05, 0) is 20.8 Å². The molecule has 2 rings (SSSR count). The summed E-state index contributed by atoms with van der Waals surface area (Å²) in [4.78, 5) is 18.2. The van der Waals surface area contributed by atoms with E-state index in [4.69, 9.17) is 5.73 Å². The Hall–Kier alpha value is -0.940. The molecule has 1 aromatic heterocycles. The average Bonchev–Trinajstić information content (AvgIpc) is 2.69. The molecule has 1 amide bonds. The van der Waals surface area contributed by atoms with Crippen molar-refractivity contribution in [3.8, 4) is 0 Å². The third kappa shape index (κ3) is 1.85. The lowest BCUT2D eigenvalue weighted by molar-refractivity contribution is -0.130. The van der Waals surface area contributed by atoms with Gasteiger partial charge in [0.2, 0.25) is 5.91 Å². The monoisotopic (exact) mass is 239 g/mol. The van der Waals surface area contributed by atoms with Crippen LogP contribution in [0.3, 0.4) is 0 Å². The summed E-state index contributed by atoms with van der Waals surface area (Å²) in [6.45, 7) is 6.00. The number of hydrogen-bond donors (Lipinski definition) is 1. The molecule has 88 valence electrons. The second-order valence-corrected chi connectivity index (χ2v) is 5.56. The summed E-state index contributed by atoms with van der Waals surface area (Å²) >= 11 is 1.60. The van der Waals surface area contributed by atoms with Gasteiger partial charge in [-0.2, -0.15) is 0 Å². The normalized spacial score (nSPS) is 25.8. The summed E-state index contributed by atoms with van der Waals surface area (Å²) in [6.07, 6.45) is 0.430. The molecule has 0 aliphatic carbocycles. The number of aryl methyl sites for hydroxylation is 1. The van der Waals surface area contributed by atoms with Gasteiger partial charge in [0.1, 0.15) is 0 Å². The van der Waals surface area contributed by atoms with Crippen LogP contribution in [0, 0.1) is 6.92 Å². The molecule has 0 spiro atoms. The van der Waals surface area contributed by atoms with Crippen LogP contribution in [0.25, 0.3) is 0 Å². The zero-order chi connectivity index (χ0) is 11.9. The fourth-order valence-electron chi connectivity index (χ4n) is 2.27. The van der Waals surface area contributed by atoms with E-state index in [1.165, 1.54) is 0 Å². The van der Waals surface area contributed by atoms with Crippen LogP contribution in [0.4, 0.5) is 0 Å². The standard InChI is InChI=1S/C11H17N3OS/c1-6(2)14-10(15)4-8(12)11(14)9-5-16-7(3)13-9/h5-6,8,11H,4,12H2,1-3H3/t8-,11-/m1/s1. The third-order valence-corrected chi connectivity index (χ3v) is 3.69. The Labute approximate surface area is 99.5 Å². The highest BCUT2D eigenvalue weighted by Gasteiger charge is 2.40. The molecule has 1 aliphatic rings. The quantitative estimate of drug-likeness (QED) is 0.850. The van der Waals surface area contributed by atoms with Gasteiger partial charge in [0.25, 0.3) is 0 Å². The Kier molecular flexibility index (Phi) is 2.99. The molecule has 0 aromatic carbocycles. The van der Waals surface area contributed by atoms with Gasteiger partial charge in [-0.1, -0.05) is 0 Å². The van der Waals surface area contributed by atoms with E-state index < -0.39 is 0 Å². The minimum atomic E-state index is -0.128. The van der Waals surface area contributed by atoms with Crippen LogP contribution in [-0.4, -0.2) is 27.9 Å². The molecule has 1 fully saturated rings. The van der Waals surface area contributed by atoms with Crippen LogP contribution in [0.15, 0.2) is 5.38 Å². The first-order valence-electron chi connectivity index (χ1n) is 5.49. The Morgan fingerprint density at radius 1 is 1.62 bits per heavy atom. The maximum atomic E-state index is 11.8. The van der Waals surface area contributed by atoms with Gasteiger partial charge in [0.05, 0.1) is 16.7 Å². The van der Waals surface area contributed by atoms with E-state index in [0.717, 1.165) is 10.7 Å². The topological polar surface area (TPSA) is 59.2 Å². The number of rotatable bonds is 2. The van der Waals surface area contributed by atoms with Crippen molar-refractivity contribution in [2.24, 2.45) is 5.73 Å². The van der Waals surface area contributed by atoms with E-state index >= 15 is 0 Å². The van der Waals surface area contributed by atoms with Crippen molar-refractivity contribution in [2.45, 2.75) is 45.3 Å². The molecule has 0 radical (unpaired) electrons. The highest BCUT2D eigenvalue weighted by Crippen LogP contribution is 2.33. The first kappa shape index (κ1) is 11.5. The van der Waals surface area contributed by atoms with E-state index in [-0.39, 0.29) is 24.0 Å². The summed E-state index contributed by atoms with van der Waals surface area (Å²) in [6, 6.07) is 0.00176. The number of nitrogens with two attached hydrogens (primary N) is 1. The maximum Gasteiger partial charge on any atom is 0.225 e. The molecule has 1 aliphatic heterocycles. The van der Waals surface area contributed by atoms with Crippen LogP contribution in [-0.2, 0) is 4.79 Å². The minimum Gasteiger partial charge on any atom is -0.330 e. The van der Waals surface area contributed by atoms with Crippen LogP contribution < -0.4 is 5.73 Å². The fraction of sp³-hybridized carbons (Fsp3) is 0.636. The fourth-order valence-corrected chi connectivity index (χ4v) is 2.91. The van der Waals surface area contributed by atoms with Crippen LogP contribution >= 0.6 is 11.3 Å². The number of hydrogen-bond acceptors (Lipinski definition) is 4. The van der Waals surface area contributed by atoms with Gasteiger partial charge in [-0.25, -0.2) is 4.98 Å². The van der Waals surface area contributed by atoms with Gasteiger partial charge >= 0.3 is 0 Å². The molecular weight excluding hydrogens is 222 g/mol. The van der Waals surface area contributed by atoms with Crippen molar-refractivity contribution in [3.63, 3.8) is 0 Å². The Bertz CT molecular complexity index is 402. The number of aromatic nitrogens is 1. The SMILES string of the molecule is Cc1nc([C@H]2[C@H](N)CC(=O)N2C(C)C)cs1. The molecule has 2 heterocycles. The van der Waals surface area contributed by atoms with Crippen molar-refractivity contribution in [1.29, 1.82) is 0 Å². The molecule has 0 bridgehead atoms. The van der Waals surface area contributed by atoms with Crippen molar-refractivity contribution < 1.29 is 4.79 Å². The molecule has 0 saturated carbocycles. The number of carbonyl (C=O) groups excluding carboxylic acids is 1. The van der Waals surface area contributed by atoms with Crippen LogP contribution in [0.5, 0.6) is 0 Å². The van der Waals surface area contributed by atoms with Crippen LogP contribution in [0.2, 0.25) is 0 Å². The first-order valence-corrected chi connectivity index (χ1v) is 6.37. The lowest BCUT2D eigenvalue weighted by Gasteiger charge is -2.29. The second-order valence-electron chi connectivity index (χ2n) is 4.50. The van der Waals surface area contributed by atoms with Gasteiger partial charge in [-0.3, -0.25) is 4.79 Å². The predicted molar refractivity (Wildman–Crippen MR) is 64.2 cm³/mol. The van der Waals surface area contributed by atoms with Gasteiger partial charge < -0.3 is 10.6 Å². The second kappa shape index (κ2) is 4.14. The Morgan fingerprint density at radius 2 is 2.31 bits per heavy atom. The molecule has 2 N–H and O–H groups in total. The molecule has 1 saturated heterocycles. The average molecular weight is 239 g/mol. The molecule has 4 nitrogen and oxygen atoms in total. The van der Waals surface area contributed by atoms with E-state index in [9.17, 15) is 4.79 Å². The molecule has 1 aromatic rings. The Morgan fingerprint density at radius 3 is 2.81 bits per heavy atom. The molecule has 0 unspecified atom stereocenters. The first-order chi connectivity index (χ1) is 7.50. The highest BCUT2D eigenvalue weighted by atomic mass is 32.1. The highest BCUT2D eigenvalue weighted by molar-refractivity contribution is 7.09. The zero-order valence-corrected chi connectivity index (χ0v) is 10.6. The molecule has 5 heteroatoms. The summed E-state index contributed by atoms with van der Waals surface area (Å²) in [7, 11) is 0. The van der Waals surface area contributed by atoms with Gasteiger partial charge in [-0.15, -0.1) is 11.3 Å². The van der Waals surface area contributed by atoms with Crippen molar-refractivity contribution in [3.05, 3.63) is 16.1 Å². The number of likely N-dealkylation sites (tertiary alicyclic amines) is 1. The molecular formula is C11H17N3OS. The zero-order valence-electron chi connectivity index (χ0n) is 9.80. The number of nitrogens with zero attached hydrogens (tertiary/aromatic N) is 2.